The van der Waals surface area contributed by atoms with Gasteiger partial charge in [0.1, 0.15) is 0 Å². The summed E-state index contributed by atoms with van der Waals surface area (Å²) >= 11 is 0. The standard InChI is InChI=1S/C12H17NO/c1-9-3-2-6-13-12(9)8-11(14)7-10-4-5-10/h2-3,6,10-11,14H,4-5,7-8H2,1H3. The molecule has 1 aliphatic carbocycles. The molecule has 0 saturated heterocycles. The van der Waals surface area contributed by atoms with Crippen molar-refractivity contribution in [3.05, 3.63) is 29.6 Å². The van der Waals surface area contributed by atoms with Crippen LogP contribution in [0.2, 0.25) is 0 Å². The quantitative estimate of drug-likeness (QED) is 0.790. The van der Waals surface area contributed by atoms with Crippen LogP contribution in [0.5, 0.6) is 0 Å². The van der Waals surface area contributed by atoms with Gasteiger partial charge in [0, 0.05) is 18.3 Å². The number of hydrogen-bond donors (Lipinski definition) is 1. The van der Waals surface area contributed by atoms with E-state index in [-0.39, 0.29) is 6.10 Å². The second kappa shape index (κ2) is 4.09. The molecule has 2 rings (SSSR count). The van der Waals surface area contributed by atoms with E-state index in [1.165, 1.54) is 18.4 Å². The minimum absolute atomic E-state index is 0.198. The van der Waals surface area contributed by atoms with E-state index in [0.717, 1.165) is 18.0 Å². The Morgan fingerprint density at radius 1 is 1.57 bits per heavy atom. The first-order valence-corrected chi connectivity index (χ1v) is 5.34. The average Bonchev–Trinajstić information content (AvgIpc) is 2.93. The van der Waals surface area contributed by atoms with Crippen LogP contribution in [-0.4, -0.2) is 16.2 Å². The molecule has 0 spiro atoms. The minimum Gasteiger partial charge on any atom is -0.393 e. The lowest BCUT2D eigenvalue weighted by molar-refractivity contribution is 0.156. The number of pyridine rings is 1. The molecule has 2 heteroatoms. The van der Waals surface area contributed by atoms with Gasteiger partial charge in [0.25, 0.3) is 0 Å². The van der Waals surface area contributed by atoms with Crippen LogP contribution in [0, 0.1) is 12.8 Å². The number of aliphatic hydroxyl groups is 1. The van der Waals surface area contributed by atoms with Gasteiger partial charge in [-0.1, -0.05) is 18.9 Å². The van der Waals surface area contributed by atoms with Crippen molar-refractivity contribution < 1.29 is 5.11 Å². The highest BCUT2D eigenvalue weighted by atomic mass is 16.3. The van der Waals surface area contributed by atoms with Gasteiger partial charge >= 0.3 is 0 Å². The smallest absolute Gasteiger partial charge is 0.0598 e. The zero-order valence-electron chi connectivity index (χ0n) is 8.61. The Morgan fingerprint density at radius 3 is 3.00 bits per heavy atom. The Bertz CT molecular complexity index is 307. The lowest BCUT2D eigenvalue weighted by Crippen LogP contribution is -2.13. The molecule has 1 aromatic heterocycles. The fraction of sp³-hybridized carbons (Fsp3) is 0.583. The maximum absolute atomic E-state index is 9.80. The molecule has 0 radical (unpaired) electrons. The van der Waals surface area contributed by atoms with Crippen LogP contribution < -0.4 is 0 Å². The van der Waals surface area contributed by atoms with Gasteiger partial charge in [0.15, 0.2) is 0 Å². The van der Waals surface area contributed by atoms with Gasteiger partial charge in [-0.3, -0.25) is 4.98 Å². The van der Waals surface area contributed by atoms with Gasteiger partial charge in [0.05, 0.1) is 6.10 Å². The molecular formula is C12H17NO. The van der Waals surface area contributed by atoms with Gasteiger partial charge in [-0.25, -0.2) is 0 Å². The fourth-order valence-electron chi connectivity index (χ4n) is 1.78. The fourth-order valence-corrected chi connectivity index (χ4v) is 1.78. The monoisotopic (exact) mass is 191 g/mol. The largest absolute Gasteiger partial charge is 0.393 e. The second-order valence-electron chi connectivity index (χ2n) is 4.30. The molecule has 1 heterocycles. The molecule has 14 heavy (non-hydrogen) atoms. The van der Waals surface area contributed by atoms with E-state index in [1.807, 2.05) is 19.1 Å². The lowest BCUT2D eigenvalue weighted by atomic mass is 10.0. The SMILES string of the molecule is Cc1cccnc1CC(O)CC1CC1. The number of aryl methyl sites for hydroxylation is 1. The summed E-state index contributed by atoms with van der Waals surface area (Å²) < 4.78 is 0. The zero-order valence-corrected chi connectivity index (χ0v) is 8.61. The van der Waals surface area contributed by atoms with Crippen LogP contribution in [0.25, 0.3) is 0 Å². The summed E-state index contributed by atoms with van der Waals surface area (Å²) in [5.41, 5.74) is 2.22. The molecule has 1 N–H and O–H groups in total. The van der Waals surface area contributed by atoms with Gasteiger partial charge in [-0.05, 0) is 30.9 Å². The normalized spacial score (nSPS) is 18.1. The molecule has 1 fully saturated rings. The van der Waals surface area contributed by atoms with Crippen LogP contribution in [0.1, 0.15) is 30.5 Å². The molecule has 0 amide bonds. The maximum Gasteiger partial charge on any atom is 0.0598 e. The Kier molecular flexibility index (Phi) is 2.82. The van der Waals surface area contributed by atoms with E-state index in [1.54, 1.807) is 6.20 Å². The molecule has 2 nitrogen and oxygen atoms in total. The van der Waals surface area contributed by atoms with Crippen molar-refractivity contribution in [3.8, 4) is 0 Å². The van der Waals surface area contributed by atoms with E-state index in [0.29, 0.717) is 6.42 Å². The lowest BCUT2D eigenvalue weighted by Gasteiger charge is -2.10. The van der Waals surface area contributed by atoms with Crippen molar-refractivity contribution in [2.45, 2.75) is 38.7 Å². The number of hydrogen-bond acceptors (Lipinski definition) is 2. The maximum atomic E-state index is 9.80. The van der Waals surface area contributed by atoms with Gasteiger partial charge < -0.3 is 5.11 Å². The Balaban J connectivity index is 1.91. The third kappa shape index (κ3) is 2.55. The van der Waals surface area contributed by atoms with Gasteiger partial charge in [0.2, 0.25) is 0 Å². The summed E-state index contributed by atoms with van der Waals surface area (Å²) in [5.74, 6) is 0.786. The van der Waals surface area contributed by atoms with Crippen molar-refractivity contribution in [2.24, 2.45) is 5.92 Å². The van der Waals surface area contributed by atoms with E-state index in [2.05, 4.69) is 4.98 Å². The highest BCUT2D eigenvalue weighted by Gasteiger charge is 2.24. The van der Waals surface area contributed by atoms with E-state index >= 15 is 0 Å². The Morgan fingerprint density at radius 2 is 2.36 bits per heavy atom. The molecule has 0 aromatic carbocycles. The molecular weight excluding hydrogens is 174 g/mol. The molecule has 76 valence electrons. The number of nitrogens with zero attached hydrogens (tertiary/aromatic N) is 1. The zero-order chi connectivity index (χ0) is 9.97. The Hall–Kier alpha value is -0.890. The number of rotatable bonds is 4. The van der Waals surface area contributed by atoms with E-state index < -0.39 is 0 Å². The van der Waals surface area contributed by atoms with E-state index in [4.69, 9.17) is 0 Å². The molecule has 1 saturated carbocycles. The van der Waals surface area contributed by atoms with Crippen molar-refractivity contribution in [3.63, 3.8) is 0 Å². The highest BCUT2D eigenvalue weighted by molar-refractivity contribution is 5.18. The summed E-state index contributed by atoms with van der Waals surface area (Å²) in [6.45, 7) is 2.05. The van der Waals surface area contributed by atoms with Crippen molar-refractivity contribution >= 4 is 0 Å². The summed E-state index contributed by atoms with van der Waals surface area (Å²) in [4.78, 5) is 4.29. The van der Waals surface area contributed by atoms with Crippen LogP contribution in [0.3, 0.4) is 0 Å². The van der Waals surface area contributed by atoms with Crippen LogP contribution >= 0.6 is 0 Å². The van der Waals surface area contributed by atoms with Crippen molar-refractivity contribution in [1.82, 2.24) is 4.98 Å². The first-order valence-electron chi connectivity index (χ1n) is 5.34. The molecule has 1 aromatic rings. The average molecular weight is 191 g/mol. The van der Waals surface area contributed by atoms with E-state index in [9.17, 15) is 5.11 Å². The highest BCUT2D eigenvalue weighted by Crippen LogP contribution is 2.34. The van der Waals surface area contributed by atoms with Gasteiger partial charge in [-0.2, -0.15) is 0 Å². The van der Waals surface area contributed by atoms with Gasteiger partial charge in [-0.15, -0.1) is 0 Å². The summed E-state index contributed by atoms with van der Waals surface area (Å²) in [7, 11) is 0. The summed E-state index contributed by atoms with van der Waals surface area (Å²) in [6, 6.07) is 3.98. The van der Waals surface area contributed by atoms with Crippen LogP contribution in [-0.2, 0) is 6.42 Å². The summed E-state index contributed by atoms with van der Waals surface area (Å²) in [6.07, 6.45) is 5.87. The predicted octanol–water partition coefficient (Wildman–Crippen LogP) is 2.09. The topological polar surface area (TPSA) is 33.1 Å². The first-order chi connectivity index (χ1) is 6.75. The molecule has 1 unspecified atom stereocenters. The molecule has 0 bridgehead atoms. The Labute approximate surface area is 85.0 Å². The first kappa shape index (κ1) is 9.66. The predicted molar refractivity (Wildman–Crippen MR) is 56.0 cm³/mol. The summed E-state index contributed by atoms with van der Waals surface area (Å²) in [5, 5.41) is 9.80. The van der Waals surface area contributed by atoms with Crippen molar-refractivity contribution in [1.29, 1.82) is 0 Å². The number of aliphatic hydroxyl groups excluding tert-OH is 1. The molecule has 1 atom stereocenters. The van der Waals surface area contributed by atoms with Crippen LogP contribution in [0.4, 0.5) is 0 Å². The third-order valence-corrected chi connectivity index (χ3v) is 2.85. The number of aromatic nitrogens is 1. The second-order valence-corrected chi connectivity index (χ2v) is 4.30. The minimum atomic E-state index is -0.198. The third-order valence-electron chi connectivity index (χ3n) is 2.85. The van der Waals surface area contributed by atoms with Crippen molar-refractivity contribution in [2.75, 3.05) is 0 Å². The van der Waals surface area contributed by atoms with Crippen LogP contribution in [0.15, 0.2) is 18.3 Å². The molecule has 0 aliphatic heterocycles. The molecule has 1 aliphatic rings.